The van der Waals surface area contributed by atoms with Crippen molar-refractivity contribution in [2.24, 2.45) is 12.8 Å². The lowest BCUT2D eigenvalue weighted by Crippen LogP contribution is -2.17. The van der Waals surface area contributed by atoms with Gasteiger partial charge in [-0.2, -0.15) is 0 Å². The van der Waals surface area contributed by atoms with E-state index in [4.69, 9.17) is 5.73 Å². The zero-order valence-electron chi connectivity index (χ0n) is 12.1. The van der Waals surface area contributed by atoms with Crippen molar-refractivity contribution >= 4 is 11.6 Å². The summed E-state index contributed by atoms with van der Waals surface area (Å²) in [5.41, 5.74) is 9.85. The van der Waals surface area contributed by atoms with Crippen LogP contribution in [0.4, 0.5) is 10.1 Å². The number of hydrogen-bond donors (Lipinski definition) is 2. The predicted octanol–water partition coefficient (Wildman–Crippen LogP) is 2.67. The number of aryl methyl sites for hydroxylation is 2. The second-order valence-electron chi connectivity index (χ2n) is 5.59. The van der Waals surface area contributed by atoms with Crippen LogP contribution in [0, 0.1) is 12.7 Å². The van der Waals surface area contributed by atoms with E-state index in [0.717, 1.165) is 24.0 Å². The molecule has 2 aromatic rings. The van der Waals surface area contributed by atoms with E-state index in [9.17, 15) is 9.18 Å². The Kier molecular flexibility index (Phi) is 3.29. The van der Waals surface area contributed by atoms with Gasteiger partial charge in [-0.15, -0.1) is 0 Å². The molecule has 110 valence electrons. The van der Waals surface area contributed by atoms with Crippen LogP contribution < -0.4 is 11.1 Å². The zero-order chi connectivity index (χ0) is 15.1. The Bertz CT molecular complexity index is 721. The number of aromatic nitrogens is 1. The van der Waals surface area contributed by atoms with Crippen molar-refractivity contribution < 1.29 is 9.18 Å². The fourth-order valence-electron chi connectivity index (χ4n) is 2.95. The molecule has 1 aromatic heterocycles. The largest absolute Gasteiger partial charge is 0.346 e. The monoisotopic (exact) mass is 287 g/mol. The van der Waals surface area contributed by atoms with E-state index in [0.29, 0.717) is 16.9 Å². The molecule has 0 saturated heterocycles. The van der Waals surface area contributed by atoms with Crippen molar-refractivity contribution in [1.29, 1.82) is 0 Å². The van der Waals surface area contributed by atoms with Crippen LogP contribution in [0.15, 0.2) is 24.4 Å². The number of nitrogens with one attached hydrogen (secondary N) is 1. The Labute approximate surface area is 122 Å². The van der Waals surface area contributed by atoms with Gasteiger partial charge in [0.25, 0.3) is 5.91 Å². The molecular weight excluding hydrogens is 269 g/mol. The number of nitrogens with zero attached hydrogens (tertiary/aromatic N) is 1. The molecule has 0 bridgehead atoms. The van der Waals surface area contributed by atoms with Crippen LogP contribution in [-0.2, 0) is 13.5 Å². The molecule has 0 saturated carbocycles. The van der Waals surface area contributed by atoms with Gasteiger partial charge in [0.1, 0.15) is 11.5 Å². The fourth-order valence-corrected chi connectivity index (χ4v) is 2.95. The highest BCUT2D eigenvalue weighted by atomic mass is 19.1. The van der Waals surface area contributed by atoms with Crippen molar-refractivity contribution in [1.82, 2.24) is 4.57 Å². The summed E-state index contributed by atoms with van der Waals surface area (Å²) in [6.07, 6.45) is 3.63. The number of amides is 1. The molecule has 0 aliphatic heterocycles. The molecule has 0 spiro atoms. The summed E-state index contributed by atoms with van der Waals surface area (Å²) < 4.78 is 15.1. The maximum absolute atomic E-state index is 13.3. The molecule has 4 nitrogen and oxygen atoms in total. The molecule has 0 unspecified atom stereocenters. The smallest absolute Gasteiger partial charge is 0.272 e. The van der Waals surface area contributed by atoms with E-state index >= 15 is 0 Å². The number of anilines is 1. The Balaban J connectivity index is 1.89. The van der Waals surface area contributed by atoms with Crippen LogP contribution in [0.25, 0.3) is 0 Å². The fraction of sp³-hybridized carbons (Fsp3) is 0.312. The summed E-state index contributed by atoms with van der Waals surface area (Å²) in [5.74, 6) is -0.461. The number of rotatable bonds is 2. The number of benzene rings is 1. The predicted molar refractivity (Wildman–Crippen MR) is 79.8 cm³/mol. The van der Waals surface area contributed by atoms with Crippen LogP contribution >= 0.6 is 0 Å². The highest BCUT2D eigenvalue weighted by molar-refractivity contribution is 6.04. The molecule has 3 N–H and O–H groups in total. The number of fused-ring (bicyclic) bond motifs is 1. The van der Waals surface area contributed by atoms with Crippen molar-refractivity contribution in [3.8, 4) is 0 Å². The average molecular weight is 287 g/mol. The quantitative estimate of drug-likeness (QED) is 0.892. The van der Waals surface area contributed by atoms with Crippen LogP contribution in [0.3, 0.4) is 0 Å². The van der Waals surface area contributed by atoms with E-state index in [-0.39, 0.29) is 17.8 Å². The second-order valence-corrected chi connectivity index (χ2v) is 5.59. The topological polar surface area (TPSA) is 60.0 Å². The average Bonchev–Trinajstić information content (AvgIpc) is 2.93. The number of halogens is 1. The first kappa shape index (κ1) is 13.8. The molecule has 1 aliphatic carbocycles. The maximum atomic E-state index is 13.3. The molecule has 3 rings (SSSR count). The van der Waals surface area contributed by atoms with Crippen molar-refractivity contribution in [2.75, 3.05) is 5.32 Å². The number of carbonyl (C=O) groups excluding carboxylic acids is 1. The van der Waals surface area contributed by atoms with E-state index < -0.39 is 0 Å². The molecule has 1 amide bonds. The van der Waals surface area contributed by atoms with E-state index in [1.54, 1.807) is 19.1 Å². The van der Waals surface area contributed by atoms with Crippen LogP contribution in [-0.4, -0.2) is 10.5 Å². The van der Waals surface area contributed by atoms with Crippen molar-refractivity contribution in [3.05, 3.63) is 52.6 Å². The molecule has 21 heavy (non-hydrogen) atoms. The Morgan fingerprint density at radius 3 is 2.95 bits per heavy atom. The Hall–Kier alpha value is -2.14. The minimum Gasteiger partial charge on any atom is -0.346 e. The van der Waals surface area contributed by atoms with Gasteiger partial charge >= 0.3 is 0 Å². The Morgan fingerprint density at radius 1 is 1.48 bits per heavy atom. The summed E-state index contributed by atoms with van der Waals surface area (Å²) in [6.45, 7) is 1.67. The first-order valence-electron chi connectivity index (χ1n) is 6.98. The summed E-state index contributed by atoms with van der Waals surface area (Å²) in [5, 5.41) is 2.83. The van der Waals surface area contributed by atoms with Crippen molar-refractivity contribution in [3.63, 3.8) is 0 Å². The lowest BCUT2D eigenvalue weighted by molar-refractivity contribution is 0.101. The minimum absolute atomic E-state index is 0.0146. The summed E-state index contributed by atoms with van der Waals surface area (Å²) in [6, 6.07) is 4.56. The molecular formula is C16H18FN3O. The first-order chi connectivity index (χ1) is 9.97. The van der Waals surface area contributed by atoms with E-state index in [2.05, 4.69) is 5.32 Å². The number of hydrogen-bond acceptors (Lipinski definition) is 2. The molecule has 1 aromatic carbocycles. The van der Waals surface area contributed by atoms with Gasteiger partial charge in [0, 0.05) is 25.0 Å². The highest BCUT2D eigenvalue weighted by Crippen LogP contribution is 2.33. The lowest BCUT2D eigenvalue weighted by Gasteiger charge is -2.09. The van der Waals surface area contributed by atoms with E-state index in [1.165, 1.54) is 6.07 Å². The third-order valence-electron chi connectivity index (χ3n) is 4.06. The Morgan fingerprint density at radius 2 is 2.24 bits per heavy atom. The summed E-state index contributed by atoms with van der Waals surface area (Å²) in [4.78, 5) is 12.5. The molecule has 5 heteroatoms. The second kappa shape index (κ2) is 5.00. The van der Waals surface area contributed by atoms with Gasteiger partial charge in [0.15, 0.2) is 0 Å². The number of carbonyl (C=O) groups is 1. The maximum Gasteiger partial charge on any atom is 0.272 e. The normalized spacial score (nSPS) is 16.9. The third kappa shape index (κ3) is 2.34. The summed E-state index contributed by atoms with van der Waals surface area (Å²) >= 11 is 0. The van der Waals surface area contributed by atoms with Crippen LogP contribution in [0.1, 0.15) is 39.6 Å². The summed E-state index contributed by atoms with van der Waals surface area (Å²) in [7, 11) is 1.84. The molecule has 0 fully saturated rings. The van der Waals surface area contributed by atoms with Crippen molar-refractivity contribution in [2.45, 2.75) is 25.8 Å². The van der Waals surface area contributed by atoms with Gasteiger partial charge in [0.2, 0.25) is 0 Å². The SMILES string of the molecule is Cc1cc(NC(=O)c2c3c(cn2C)[C@@H](N)CC3)ccc1F. The van der Waals surface area contributed by atoms with Gasteiger partial charge < -0.3 is 15.6 Å². The van der Waals surface area contributed by atoms with Gasteiger partial charge in [-0.25, -0.2) is 4.39 Å². The lowest BCUT2D eigenvalue weighted by atomic mass is 10.1. The van der Waals surface area contributed by atoms with Gasteiger partial charge in [0.05, 0.1) is 0 Å². The van der Waals surface area contributed by atoms with E-state index in [1.807, 2.05) is 17.8 Å². The van der Waals surface area contributed by atoms with Gasteiger partial charge in [-0.1, -0.05) is 0 Å². The molecule has 1 atom stereocenters. The van der Waals surface area contributed by atoms with Crippen LogP contribution in [0.2, 0.25) is 0 Å². The van der Waals surface area contributed by atoms with Gasteiger partial charge in [-0.05, 0) is 54.7 Å². The highest BCUT2D eigenvalue weighted by Gasteiger charge is 2.28. The molecule has 1 heterocycles. The zero-order valence-corrected chi connectivity index (χ0v) is 12.1. The first-order valence-corrected chi connectivity index (χ1v) is 6.98. The third-order valence-corrected chi connectivity index (χ3v) is 4.06. The number of nitrogens with two attached hydrogens (primary N) is 1. The van der Waals surface area contributed by atoms with Gasteiger partial charge in [-0.3, -0.25) is 4.79 Å². The standard InChI is InChI=1S/C16H18FN3O/c1-9-7-10(3-5-13(9)17)19-16(21)15-11-4-6-14(18)12(11)8-20(15)2/h3,5,7-8,14H,4,6,18H2,1-2H3,(H,19,21)/t14-/m0/s1. The minimum atomic E-state index is -0.279. The van der Waals surface area contributed by atoms with Crippen LogP contribution in [0.5, 0.6) is 0 Å². The molecule has 1 aliphatic rings. The molecule has 0 radical (unpaired) electrons.